The van der Waals surface area contributed by atoms with E-state index in [1.165, 1.54) is 0 Å². The van der Waals surface area contributed by atoms with Gasteiger partial charge in [0.25, 0.3) is 0 Å². The second-order valence-electron chi connectivity index (χ2n) is 5.43. The van der Waals surface area contributed by atoms with Gasteiger partial charge in [0.15, 0.2) is 5.75 Å². The van der Waals surface area contributed by atoms with Crippen molar-refractivity contribution in [2.24, 2.45) is 0 Å². The number of ether oxygens (including phenoxy) is 1. The molecule has 0 aliphatic heterocycles. The van der Waals surface area contributed by atoms with Crippen LogP contribution < -0.4 is 10.1 Å². The summed E-state index contributed by atoms with van der Waals surface area (Å²) >= 11 is 12.0. The third kappa shape index (κ3) is 6.83. The molecule has 7 heteroatoms. The minimum Gasteiger partial charge on any atom is -0.488 e. The van der Waals surface area contributed by atoms with Crippen LogP contribution in [0.4, 0.5) is 0 Å². The van der Waals surface area contributed by atoms with E-state index in [4.69, 9.17) is 27.9 Å². The second kappa shape index (κ2) is 9.20. The second-order valence-corrected chi connectivity index (χ2v) is 6.25. The number of nitrogens with zero attached hydrogens (tertiary/aromatic N) is 1. The van der Waals surface area contributed by atoms with Gasteiger partial charge in [-0.3, -0.25) is 9.69 Å². The van der Waals surface area contributed by atoms with Crippen LogP contribution in [-0.2, 0) is 4.79 Å². The molecule has 1 amide bonds. The fourth-order valence-electron chi connectivity index (χ4n) is 1.89. The predicted octanol–water partition coefficient (Wildman–Crippen LogP) is 2.19. The lowest BCUT2D eigenvalue weighted by Crippen LogP contribution is -2.42. The summed E-state index contributed by atoms with van der Waals surface area (Å²) in [5.41, 5.74) is 0. The van der Waals surface area contributed by atoms with Crippen molar-refractivity contribution in [1.82, 2.24) is 10.2 Å². The number of aliphatic hydroxyl groups excluding tert-OH is 1. The smallest absolute Gasteiger partial charge is 0.234 e. The molecular formula is C15H22Cl2N2O3. The summed E-state index contributed by atoms with van der Waals surface area (Å²) in [4.78, 5) is 13.3. The SMILES string of the molecule is CC(C)NC(=O)CN(C)C[C@@H](O)COc1c(Cl)cccc1Cl. The Labute approximate surface area is 141 Å². The lowest BCUT2D eigenvalue weighted by molar-refractivity contribution is -0.122. The van der Waals surface area contributed by atoms with Gasteiger partial charge in [-0.1, -0.05) is 29.3 Å². The third-order valence-corrected chi connectivity index (χ3v) is 3.32. The van der Waals surface area contributed by atoms with Crippen molar-refractivity contribution in [2.45, 2.75) is 26.0 Å². The van der Waals surface area contributed by atoms with Crippen molar-refractivity contribution in [3.63, 3.8) is 0 Å². The van der Waals surface area contributed by atoms with E-state index in [2.05, 4.69) is 5.32 Å². The number of aliphatic hydroxyl groups is 1. The van der Waals surface area contributed by atoms with Crippen molar-refractivity contribution in [3.8, 4) is 5.75 Å². The molecule has 124 valence electrons. The minimum absolute atomic E-state index is 0.0413. The lowest BCUT2D eigenvalue weighted by atomic mass is 10.3. The van der Waals surface area contributed by atoms with Crippen molar-refractivity contribution in [1.29, 1.82) is 0 Å². The van der Waals surface area contributed by atoms with Gasteiger partial charge < -0.3 is 15.2 Å². The number of hydrogen-bond acceptors (Lipinski definition) is 4. The topological polar surface area (TPSA) is 61.8 Å². The molecule has 0 saturated heterocycles. The van der Waals surface area contributed by atoms with Crippen LogP contribution in [0, 0.1) is 0 Å². The van der Waals surface area contributed by atoms with Gasteiger partial charge in [0.1, 0.15) is 12.7 Å². The van der Waals surface area contributed by atoms with Crippen LogP contribution in [0.1, 0.15) is 13.8 Å². The summed E-state index contributed by atoms with van der Waals surface area (Å²) in [5, 5.41) is 13.6. The molecule has 0 aliphatic rings. The first kappa shape index (κ1) is 19.0. The van der Waals surface area contributed by atoms with Gasteiger partial charge in [-0.15, -0.1) is 0 Å². The fraction of sp³-hybridized carbons (Fsp3) is 0.533. The van der Waals surface area contributed by atoms with Crippen LogP contribution in [0.15, 0.2) is 18.2 Å². The molecule has 5 nitrogen and oxygen atoms in total. The molecule has 1 atom stereocenters. The standard InChI is InChI=1S/C15H22Cl2N2O3/c1-10(2)18-14(21)8-19(3)7-11(20)9-22-15-12(16)5-4-6-13(15)17/h4-6,10-11,20H,7-9H2,1-3H3,(H,18,21)/t11-/m1/s1. The maximum Gasteiger partial charge on any atom is 0.234 e. The van der Waals surface area contributed by atoms with Gasteiger partial charge >= 0.3 is 0 Å². The zero-order valence-electron chi connectivity index (χ0n) is 13.0. The monoisotopic (exact) mass is 348 g/mol. The number of para-hydroxylation sites is 1. The maximum atomic E-state index is 11.6. The molecular weight excluding hydrogens is 327 g/mol. The number of amides is 1. The Morgan fingerprint density at radius 2 is 1.95 bits per heavy atom. The maximum absolute atomic E-state index is 11.6. The molecule has 0 heterocycles. The van der Waals surface area contributed by atoms with Gasteiger partial charge in [-0.05, 0) is 33.0 Å². The van der Waals surface area contributed by atoms with E-state index in [0.29, 0.717) is 22.3 Å². The molecule has 0 bridgehead atoms. The molecule has 1 rings (SSSR count). The normalized spacial score (nSPS) is 12.5. The average Bonchev–Trinajstić information content (AvgIpc) is 2.36. The molecule has 0 fully saturated rings. The fourth-order valence-corrected chi connectivity index (χ4v) is 2.40. The van der Waals surface area contributed by atoms with Crippen molar-refractivity contribution in [3.05, 3.63) is 28.2 Å². The Balaban J connectivity index is 2.40. The van der Waals surface area contributed by atoms with Crippen LogP contribution in [0.3, 0.4) is 0 Å². The minimum atomic E-state index is -0.760. The highest BCUT2D eigenvalue weighted by Gasteiger charge is 2.14. The van der Waals surface area contributed by atoms with E-state index in [9.17, 15) is 9.90 Å². The molecule has 0 aromatic heterocycles. The Morgan fingerprint density at radius 1 is 1.36 bits per heavy atom. The summed E-state index contributed by atoms with van der Waals surface area (Å²) < 4.78 is 5.46. The molecule has 0 aliphatic carbocycles. The van der Waals surface area contributed by atoms with Crippen LogP contribution in [0.5, 0.6) is 5.75 Å². The first-order chi connectivity index (χ1) is 10.3. The highest BCUT2D eigenvalue weighted by atomic mass is 35.5. The number of rotatable bonds is 8. The Kier molecular flexibility index (Phi) is 7.96. The number of carbonyl (C=O) groups excluding carboxylic acids is 1. The van der Waals surface area contributed by atoms with Gasteiger partial charge in [-0.2, -0.15) is 0 Å². The molecule has 1 aromatic rings. The van der Waals surface area contributed by atoms with Crippen molar-refractivity contribution in [2.75, 3.05) is 26.7 Å². The lowest BCUT2D eigenvalue weighted by Gasteiger charge is -2.21. The molecule has 0 spiro atoms. The molecule has 0 saturated carbocycles. The average molecular weight is 349 g/mol. The summed E-state index contributed by atoms with van der Waals surface area (Å²) in [6, 6.07) is 5.14. The molecule has 2 N–H and O–H groups in total. The molecule has 0 radical (unpaired) electrons. The van der Waals surface area contributed by atoms with Crippen LogP contribution in [0.25, 0.3) is 0 Å². The van der Waals surface area contributed by atoms with E-state index in [1.54, 1.807) is 30.1 Å². The summed E-state index contributed by atoms with van der Waals surface area (Å²) in [6.45, 7) is 4.34. The van der Waals surface area contributed by atoms with Crippen LogP contribution in [-0.4, -0.2) is 54.8 Å². The summed E-state index contributed by atoms with van der Waals surface area (Å²) in [6.07, 6.45) is -0.760. The summed E-state index contributed by atoms with van der Waals surface area (Å²) in [7, 11) is 1.76. The van der Waals surface area contributed by atoms with Crippen LogP contribution in [0.2, 0.25) is 10.0 Å². The van der Waals surface area contributed by atoms with Crippen molar-refractivity contribution >= 4 is 29.1 Å². The molecule has 0 unspecified atom stereocenters. The number of hydrogen-bond donors (Lipinski definition) is 2. The van der Waals surface area contributed by atoms with Gasteiger partial charge in [0.2, 0.25) is 5.91 Å². The highest BCUT2D eigenvalue weighted by Crippen LogP contribution is 2.32. The van der Waals surface area contributed by atoms with E-state index >= 15 is 0 Å². The van der Waals surface area contributed by atoms with Crippen LogP contribution >= 0.6 is 23.2 Å². The first-order valence-electron chi connectivity index (χ1n) is 7.02. The number of carbonyl (C=O) groups is 1. The van der Waals surface area contributed by atoms with Gasteiger partial charge in [0.05, 0.1) is 16.6 Å². The third-order valence-electron chi connectivity index (χ3n) is 2.72. The number of halogens is 2. The number of nitrogens with one attached hydrogen (secondary N) is 1. The number of likely N-dealkylation sites (N-methyl/N-ethyl adjacent to an activating group) is 1. The largest absolute Gasteiger partial charge is 0.488 e. The number of benzene rings is 1. The van der Waals surface area contributed by atoms with E-state index in [1.807, 2.05) is 13.8 Å². The van der Waals surface area contributed by atoms with Gasteiger partial charge in [-0.25, -0.2) is 0 Å². The molecule has 22 heavy (non-hydrogen) atoms. The van der Waals surface area contributed by atoms with Gasteiger partial charge in [0, 0.05) is 12.6 Å². The zero-order valence-corrected chi connectivity index (χ0v) is 14.5. The van der Waals surface area contributed by atoms with Crippen molar-refractivity contribution < 1.29 is 14.6 Å². The van der Waals surface area contributed by atoms with E-state index in [0.717, 1.165) is 0 Å². The summed E-state index contributed by atoms with van der Waals surface area (Å²) in [5.74, 6) is 0.268. The first-order valence-corrected chi connectivity index (χ1v) is 7.78. The zero-order chi connectivity index (χ0) is 16.7. The predicted molar refractivity (Wildman–Crippen MR) is 88.7 cm³/mol. The Bertz CT molecular complexity index is 477. The highest BCUT2D eigenvalue weighted by molar-refractivity contribution is 6.37. The van der Waals surface area contributed by atoms with E-state index in [-0.39, 0.29) is 25.1 Å². The Hall–Kier alpha value is -1.01. The Morgan fingerprint density at radius 3 is 2.50 bits per heavy atom. The molecule has 1 aromatic carbocycles. The van der Waals surface area contributed by atoms with E-state index < -0.39 is 6.10 Å². The quantitative estimate of drug-likeness (QED) is 0.755.